The minimum Gasteiger partial charge on any atom is -0.326 e. The van der Waals surface area contributed by atoms with Crippen molar-refractivity contribution in [2.24, 2.45) is 5.92 Å². The van der Waals surface area contributed by atoms with E-state index in [0.29, 0.717) is 11.3 Å². The largest absolute Gasteiger partial charge is 0.326 e. The zero-order valence-corrected chi connectivity index (χ0v) is 10.0. The van der Waals surface area contributed by atoms with Crippen LogP contribution in [0, 0.1) is 18.7 Å². The smallest absolute Gasteiger partial charge is 0.227 e. The molecule has 0 spiro atoms. The lowest BCUT2D eigenvalue weighted by Crippen LogP contribution is -2.20. The van der Waals surface area contributed by atoms with Crippen molar-refractivity contribution in [1.82, 2.24) is 0 Å². The second-order valence-electron chi connectivity index (χ2n) is 4.14. The molecule has 0 radical (unpaired) electrons. The first-order chi connectivity index (χ1) is 7.54. The molecule has 1 amide bonds. The number of halogens is 1. The number of carbonyl (C=O) groups excluding carboxylic acids is 1. The van der Waals surface area contributed by atoms with E-state index in [-0.39, 0.29) is 17.6 Å². The van der Waals surface area contributed by atoms with Gasteiger partial charge in [0.15, 0.2) is 0 Å². The van der Waals surface area contributed by atoms with Crippen molar-refractivity contribution in [3.63, 3.8) is 0 Å². The Morgan fingerprint density at radius 1 is 1.50 bits per heavy atom. The Labute approximate surface area is 95.9 Å². The minimum atomic E-state index is -0.291. The monoisotopic (exact) mass is 223 g/mol. The maximum atomic E-state index is 13.2. The van der Waals surface area contributed by atoms with Crippen LogP contribution in [0.4, 0.5) is 10.1 Å². The minimum absolute atomic E-state index is 0.0330. The second-order valence-corrected chi connectivity index (χ2v) is 4.14. The first-order valence-corrected chi connectivity index (χ1v) is 5.61. The molecule has 1 rings (SSSR count). The zero-order chi connectivity index (χ0) is 12.1. The fraction of sp³-hybridized carbons (Fsp3) is 0.462. The van der Waals surface area contributed by atoms with Gasteiger partial charge in [-0.3, -0.25) is 4.79 Å². The van der Waals surface area contributed by atoms with E-state index < -0.39 is 0 Å². The van der Waals surface area contributed by atoms with Gasteiger partial charge in [0, 0.05) is 11.6 Å². The molecule has 1 N–H and O–H groups in total. The lowest BCUT2D eigenvalue weighted by Gasteiger charge is -2.11. The zero-order valence-electron chi connectivity index (χ0n) is 10.0. The predicted molar refractivity (Wildman–Crippen MR) is 63.8 cm³/mol. The van der Waals surface area contributed by atoms with Gasteiger partial charge in [0.25, 0.3) is 0 Å². The molecule has 0 saturated heterocycles. The third kappa shape index (κ3) is 3.33. The molecule has 88 valence electrons. The summed E-state index contributed by atoms with van der Waals surface area (Å²) in [5, 5.41) is 2.72. The van der Waals surface area contributed by atoms with E-state index in [9.17, 15) is 9.18 Å². The third-order valence-electron chi connectivity index (χ3n) is 2.61. The highest BCUT2D eigenvalue weighted by Crippen LogP contribution is 2.15. The number of hydrogen-bond acceptors (Lipinski definition) is 1. The van der Waals surface area contributed by atoms with Crippen LogP contribution in [0.1, 0.15) is 32.3 Å². The highest BCUT2D eigenvalue weighted by atomic mass is 19.1. The van der Waals surface area contributed by atoms with Gasteiger partial charge in [-0.05, 0) is 31.0 Å². The van der Waals surface area contributed by atoms with Crippen molar-refractivity contribution in [2.75, 3.05) is 5.32 Å². The molecule has 1 aromatic rings. The summed E-state index contributed by atoms with van der Waals surface area (Å²) in [7, 11) is 0. The predicted octanol–water partition coefficient (Wildman–Crippen LogP) is 3.51. The van der Waals surface area contributed by atoms with Crippen LogP contribution in [-0.4, -0.2) is 5.91 Å². The maximum Gasteiger partial charge on any atom is 0.227 e. The second kappa shape index (κ2) is 5.64. The normalized spacial score (nSPS) is 12.2. The average molecular weight is 223 g/mol. The number of anilines is 1. The van der Waals surface area contributed by atoms with E-state index in [1.54, 1.807) is 19.1 Å². The molecule has 0 unspecified atom stereocenters. The molecule has 0 bridgehead atoms. The molecular formula is C13H18FNO. The Morgan fingerprint density at radius 3 is 2.75 bits per heavy atom. The summed E-state index contributed by atoms with van der Waals surface area (Å²) in [6, 6.07) is 4.73. The van der Waals surface area contributed by atoms with Crippen LogP contribution < -0.4 is 5.32 Å². The molecular weight excluding hydrogens is 205 g/mol. The van der Waals surface area contributed by atoms with Gasteiger partial charge in [0.1, 0.15) is 5.82 Å². The van der Waals surface area contributed by atoms with E-state index in [1.807, 2.05) is 13.8 Å². The van der Waals surface area contributed by atoms with Gasteiger partial charge in [-0.25, -0.2) is 4.39 Å². The summed E-state index contributed by atoms with van der Waals surface area (Å²) in [6.45, 7) is 5.61. The summed E-state index contributed by atoms with van der Waals surface area (Å²) in [6.07, 6.45) is 1.82. The van der Waals surface area contributed by atoms with Crippen molar-refractivity contribution in [1.29, 1.82) is 0 Å². The van der Waals surface area contributed by atoms with Gasteiger partial charge in [-0.15, -0.1) is 0 Å². The van der Waals surface area contributed by atoms with Crippen LogP contribution in [-0.2, 0) is 4.79 Å². The van der Waals surface area contributed by atoms with Crippen LogP contribution in [0.5, 0.6) is 0 Å². The molecule has 1 aromatic carbocycles. The van der Waals surface area contributed by atoms with Crippen LogP contribution in [0.2, 0.25) is 0 Å². The fourth-order valence-electron chi connectivity index (χ4n) is 1.50. The third-order valence-corrected chi connectivity index (χ3v) is 2.61. The Balaban J connectivity index is 2.66. The average Bonchev–Trinajstić information content (AvgIpc) is 2.24. The van der Waals surface area contributed by atoms with Crippen LogP contribution in [0.25, 0.3) is 0 Å². The molecule has 0 aliphatic heterocycles. The van der Waals surface area contributed by atoms with Crippen LogP contribution in [0.3, 0.4) is 0 Å². The molecule has 0 heterocycles. The summed E-state index contributed by atoms with van der Waals surface area (Å²) in [5.74, 6) is -0.375. The van der Waals surface area contributed by atoms with Gasteiger partial charge < -0.3 is 5.32 Å². The van der Waals surface area contributed by atoms with Gasteiger partial charge in [0.2, 0.25) is 5.91 Å². The van der Waals surface area contributed by atoms with E-state index in [1.165, 1.54) is 6.07 Å². The van der Waals surface area contributed by atoms with Crippen molar-refractivity contribution in [3.05, 3.63) is 29.6 Å². The summed E-state index contributed by atoms with van der Waals surface area (Å²) < 4.78 is 13.2. The van der Waals surface area contributed by atoms with E-state index in [2.05, 4.69) is 5.32 Å². The highest BCUT2D eigenvalue weighted by molar-refractivity contribution is 5.92. The fourth-order valence-corrected chi connectivity index (χ4v) is 1.50. The van der Waals surface area contributed by atoms with Gasteiger partial charge in [-0.1, -0.05) is 26.3 Å². The number of aryl methyl sites for hydroxylation is 1. The molecule has 0 fully saturated rings. The van der Waals surface area contributed by atoms with Crippen LogP contribution >= 0.6 is 0 Å². The first-order valence-electron chi connectivity index (χ1n) is 5.61. The molecule has 0 saturated carbocycles. The molecule has 0 aliphatic carbocycles. The van der Waals surface area contributed by atoms with E-state index >= 15 is 0 Å². The van der Waals surface area contributed by atoms with Crippen molar-refractivity contribution in [3.8, 4) is 0 Å². The van der Waals surface area contributed by atoms with Crippen molar-refractivity contribution < 1.29 is 9.18 Å². The summed E-state index contributed by atoms with van der Waals surface area (Å²) in [4.78, 5) is 11.7. The lowest BCUT2D eigenvalue weighted by molar-refractivity contribution is -0.119. The molecule has 3 heteroatoms. The summed E-state index contributed by atoms with van der Waals surface area (Å²) >= 11 is 0. The molecule has 0 aromatic heterocycles. The van der Waals surface area contributed by atoms with Crippen molar-refractivity contribution >= 4 is 11.6 Å². The number of benzene rings is 1. The summed E-state index contributed by atoms with van der Waals surface area (Å²) in [5.41, 5.74) is 1.11. The van der Waals surface area contributed by atoms with Gasteiger partial charge >= 0.3 is 0 Å². The topological polar surface area (TPSA) is 29.1 Å². The van der Waals surface area contributed by atoms with Gasteiger partial charge in [0.05, 0.1) is 0 Å². The lowest BCUT2D eigenvalue weighted by atomic mass is 10.1. The quantitative estimate of drug-likeness (QED) is 0.831. The molecule has 2 nitrogen and oxygen atoms in total. The molecule has 1 atom stereocenters. The number of rotatable bonds is 4. The Kier molecular flexibility index (Phi) is 4.47. The number of hydrogen-bond donors (Lipinski definition) is 1. The molecule has 16 heavy (non-hydrogen) atoms. The van der Waals surface area contributed by atoms with E-state index in [4.69, 9.17) is 0 Å². The Hall–Kier alpha value is -1.38. The van der Waals surface area contributed by atoms with E-state index in [0.717, 1.165) is 12.8 Å². The Morgan fingerprint density at radius 2 is 2.19 bits per heavy atom. The number of carbonyl (C=O) groups is 1. The number of nitrogens with one attached hydrogen (secondary N) is 1. The SMILES string of the molecule is CCC[C@@H](C)C(=O)Nc1ccc(C)c(F)c1. The molecule has 0 aliphatic rings. The van der Waals surface area contributed by atoms with Crippen LogP contribution in [0.15, 0.2) is 18.2 Å². The Bertz CT molecular complexity index is 376. The van der Waals surface area contributed by atoms with Crippen molar-refractivity contribution in [2.45, 2.75) is 33.6 Å². The van der Waals surface area contributed by atoms with Gasteiger partial charge in [-0.2, -0.15) is 0 Å². The standard InChI is InChI=1S/C13H18FNO/c1-4-5-10(3)13(16)15-11-7-6-9(2)12(14)8-11/h6-8,10H,4-5H2,1-3H3,(H,15,16)/t10-/m1/s1. The highest BCUT2D eigenvalue weighted by Gasteiger charge is 2.12. The first kappa shape index (κ1) is 12.7. The maximum absolute atomic E-state index is 13.2. The number of amides is 1.